The van der Waals surface area contributed by atoms with Crippen molar-refractivity contribution in [3.05, 3.63) is 41.5 Å². The van der Waals surface area contributed by atoms with E-state index in [2.05, 4.69) is 0 Å². The highest BCUT2D eigenvalue weighted by molar-refractivity contribution is 6.03. The molecule has 0 heterocycles. The van der Waals surface area contributed by atoms with E-state index < -0.39 is 11.9 Å². The zero-order chi connectivity index (χ0) is 12.6. The minimum atomic E-state index is -1.07. The summed E-state index contributed by atoms with van der Waals surface area (Å²) in [4.78, 5) is 21.6. The normalized spacial score (nSPS) is 10.4. The van der Waals surface area contributed by atoms with E-state index in [0.717, 1.165) is 0 Å². The van der Waals surface area contributed by atoms with E-state index in [1.54, 1.807) is 6.07 Å². The number of aromatic carboxylic acids is 2. The van der Waals surface area contributed by atoms with Gasteiger partial charge in [-0.2, -0.15) is 0 Å². The average molecular weight is 231 g/mol. The van der Waals surface area contributed by atoms with Crippen LogP contribution in [0, 0.1) is 0 Å². The van der Waals surface area contributed by atoms with Gasteiger partial charge in [-0.15, -0.1) is 0 Å². The van der Waals surface area contributed by atoms with Crippen LogP contribution in [0.1, 0.15) is 20.7 Å². The third-order valence-electron chi connectivity index (χ3n) is 2.48. The molecule has 0 bridgehead atoms. The summed E-state index contributed by atoms with van der Waals surface area (Å²) in [6.45, 7) is 0. The number of fused-ring (bicyclic) bond motifs is 1. The second-order valence-electron chi connectivity index (χ2n) is 3.61. The van der Waals surface area contributed by atoms with Crippen LogP contribution in [-0.2, 0) is 0 Å². The Kier molecular flexibility index (Phi) is 2.44. The molecule has 0 spiro atoms. The van der Waals surface area contributed by atoms with Gasteiger partial charge in [0.15, 0.2) is 0 Å². The summed E-state index contributed by atoms with van der Waals surface area (Å²) in [7, 11) is 0. The second kappa shape index (κ2) is 3.79. The molecular formula is C12H9NO4. The summed E-state index contributed by atoms with van der Waals surface area (Å²) >= 11 is 0. The van der Waals surface area contributed by atoms with Crippen LogP contribution < -0.4 is 5.73 Å². The van der Waals surface area contributed by atoms with Crippen LogP contribution in [0.25, 0.3) is 10.8 Å². The Bertz CT molecular complexity index is 634. The zero-order valence-corrected chi connectivity index (χ0v) is 8.68. The highest BCUT2D eigenvalue weighted by atomic mass is 16.4. The summed E-state index contributed by atoms with van der Waals surface area (Å²) in [6, 6.07) is 7.16. The van der Waals surface area contributed by atoms with Crippen molar-refractivity contribution < 1.29 is 19.8 Å². The summed E-state index contributed by atoms with van der Waals surface area (Å²) in [6.07, 6.45) is 0. The van der Waals surface area contributed by atoms with E-state index in [1.807, 2.05) is 0 Å². The Morgan fingerprint density at radius 2 is 1.59 bits per heavy atom. The molecule has 0 aliphatic rings. The highest BCUT2D eigenvalue weighted by Gasteiger charge is 2.09. The highest BCUT2D eigenvalue weighted by Crippen LogP contribution is 2.24. The lowest BCUT2D eigenvalue weighted by Crippen LogP contribution is -2.00. The number of anilines is 1. The number of hydrogen-bond acceptors (Lipinski definition) is 3. The van der Waals surface area contributed by atoms with Crippen LogP contribution in [0.2, 0.25) is 0 Å². The molecule has 0 aromatic heterocycles. The first kappa shape index (κ1) is 10.9. The Balaban J connectivity index is 2.72. The van der Waals surface area contributed by atoms with E-state index >= 15 is 0 Å². The second-order valence-corrected chi connectivity index (χ2v) is 3.61. The van der Waals surface area contributed by atoms with Gasteiger partial charge in [-0.05, 0) is 29.7 Å². The van der Waals surface area contributed by atoms with Crippen molar-refractivity contribution in [3.8, 4) is 0 Å². The number of carbonyl (C=O) groups is 2. The summed E-state index contributed by atoms with van der Waals surface area (Å²) in [5.41, 5.74) is 6.16. The number of benzene rings is 2. The van der Waals surface area contributed by atoms with Gasteiger partial charge in [-0.25, -0.2) is 9.59 Å². The maximum Gasteiger partial charge on any atom is 0.335 e. The lowest BCUT2D eigenvalue weighted by atomic mass is 10.0. The van der Waals surface area contributed by atoms with Gasteiger partial charge in [0.25, 0.3) is 0 Å². The van der Waals surface area contributed by atoms with Gasteiger partial charge in [0.2, 0.25) is 0 Å². The summed E-state index contributed by atoms with van der Waals surface area (Å²) in [5.74, 6) is -2.12. The van der Waals surface area contributed by atoms with Crippen molar-refractivity contribution in [3.63, 3.8) is 0 Å². The Morgan fingerprint density at radius 1 is 0.941 bits per heavy atom. The fourth-order valence-corrected chi connectivity index (χ4v) is 1.64. The molecule has 2 rings (SSSR count). The zero-order valence-electron chi connectivity index (χ0n) is 8.68. The van der Waals surface area contributed by atoms with Gasteiger partial charge in [0.05, 0.1) is 11.1 Å². The van der Waals surface area contributed by atoms with Crippen molar-refractivity contribution in [1.82, 2.24) is 0 Å². The van der Waals surface area contributed by atoms with Gasteiger partial charge in [-0.3, -0.25) is 0 Å². The summed E-state index contributed by atoms with van der Waals surface area (Å²) < 4.78 is 0. The molecule has 0 aliphatic carbocycles. The van der Waals surface area contributed by atoms with Crippen LogP contribution in [0.3, 0.4) is 0 Å². The first-order valence-electron chi connectivity index (χ1n) is 4.79. The monoisotopic (exact) mass is 231 g/mol. The van der Waals surface area contributed by atoms with Crippen molar-refractivity contribution in [1.29, 1.82) is 0 Å². The standard InChI is InChI=1S/C12H9NO4/c13-10-5-8(12(16)17)3-6-1-2-7(11(14)15)4-9(6)10/h1-5H,13H2,(H,14,15)(H,16,17). The minimum absolute atomic E-state index is 0.0816. The van der Waals surface area contributed by atoms with Crippen LogP contribution in [0.4, 0.5) is 5.69 Å². The Labute approximate surface area is 96.1 Å². The molecule has 0 saturated heterocycles. The maximum atomic E-state index is 10.8. The van der Waals surface area contributed by atoms with Crippen LogP contribution >= 0.6 is 0 Å². The SMILES string of the molecule is Nc1cc(C(=O)O)cc2ccc(C(=O)O)cc12. The van der Waals surface area contributed by atoms with E-state index in [-0.39, 0.29) is 16.8 Å². The number of rotatable bonds is 2. The smallest absolute Gasteiger partial charge is 0.335 e. The molecule has 5 heteroatoms. The maximum absolute atomic E-state index is 10.8. The molecule has 86 valence electrons. The Hall–Kier alpha value is -2.56. The van der Waals surface area contributed by atoms with Gasteiger partial charge in [0.1, 0.15) is 0 Å². The van der Waals surface area contributed by atoms with Crippen molar-refractivity contribution in [2.75, 3.05) is 5.73 Å². The molecule has 5 nitrogen and oxygen atoms in total. The first-order valence-corrected chi connectivity index (χ1v) is 4.79. The van der Waals surface area contributed by atoms with Crippen LogP contribution in [0.15, 0.2) is 30.3 Å². The Morgan fingerprint density at radius 3 is 2.18 bits per heavy atom. The lowest BCUT2D eigenvalue weighted by molar-refractivity contribution is 0.0686. The predicted octanol–water partition coefficient (Wildman–Crippen LogP) is 1.82. The molecule has 17 heavy (non-hydrogen) atoms. The number of nitrogen functional groups attached to an aromatic ring is 1. The third-order valence-corrected chi connectivity index (χ3v) is 2.48. The number of carboxylic acid groups (broad SMARTS) is 2. The number of hydrogen-bond donors (Lipinski definition) is 3. The molecule has 0 atom stereocenters. The van der Waals surface area contributed by atoms with E-state index in [1.165, 1.54) is 24.3 Å². The van der Waals surface area contributed by atoms with Gasteiger partial charge in [-0.1, -0.05) is 6.07 Å². The molecular weight excluding hydrogens is 222 g/mol. The lowest BCUT2D eigenvalue weighted by Gasteiger charge is -2.05. The quantitative estimate of drug-likeness (QED) is 0.684. The van der Waals surface area contributed by atoms with Crippen molar-refractivity contribution >= 4 is 28.4 Å². The van der Waals surface area contributed by atoms with E-state index in [9.17, 15) is 9.59 Å². The van der Waals surface area contributed by atoms with Crippen molar-refractivity contribution in [2.45, 2.75) is 0 Å². The van der Waals surface area contributed by atoms with Crippen LogP contribution in [-0.4, -0.2) is 22.2 Å². The molecule has 0 radical (unpaired) electrons. The van der Waals surface area contributed by atoms with Crippen LogP contribution in [0.5, 0.6) is 0 Å². The number of carboxylic acids is 2. The molecule has 2 aromatic carbocycles. The van der Waals surface area contributed by atoms with Gasteiger partial charge in [0, 0.05) is 11.1 Å². The predicted molar refractivity (Wildman–Crippen MR) is 62.3 cm³/mol. The third kappa shape index (κ3) is 1.90. The molecule has 0 fully saturated rings. The van der Waals surface area contributed by atoms with E-state index in [4.69, 9.17) is 15.9 Å². The molecule has 0 saturated carbocycles. The molecule has 0 aliphatic heterocycles. The molecule has 0 unspecified atom stereocenters. The van der Waals surface area contributed by atoms with Crippen molar-refractivity contribution in [2.24, 2.45) is 0 Å². The van der Waals surface area contributed by atoms with E-state index in [0.29, 0.717) is 10.8 Å². The van der Waals surface area contributed by atoms with Gasteiger partial charge < -0.3 is 15.9 Å². The minimum Gasteiger partial charge on any atom is -0.478 e. The fraction of sp³-hybridized carbons (Fsp3) is 0. The topological polar surface area (TPSA) is 101 Å². The first-order chi connectivity index (χ1) is 7.99. The number of nitrogens with two attached hydrogens (primary N) is 1. The molecule has 4 N–H and O–H groups in total. The van der Waals surface area contributed by atoms with Gasteiger partial charge >= 0.3 is 11.9 Å². The molecule has 2 aromatic rings. The molecule has 0 amide bonds. The fourth-order valence-electron chi connectivity index (χ4n) is 1.64. The summed E-state index contributed by atoms with van der Waals surface area (Å²) in [5, 5.41) is 18.8. The largest absolute Gasteiger partial charge is 0.478 e. The average Bonchev–Trinajstić information content (AvgIpc) is 2.28.